The van der Waals surface area contributed by atoms with E-state index in [1.165, 1.54) is 37.2 Å². The third-order valence-corrected chi connectivity index (χ3v) is 5.04. The minimum Gasteiger partial charge on any atom is -0.469 e. The predicted octanol–water partition coefficient (Wildman–Crippen LogP) is 1.55. The molecule has 1 spiro atoms. The highest BCUT2D eigenvalue weighted by Gasteiger charge is 2.52. The van der Waals surface area contributed by atoms with Crippen LogP contribution in [0.3, 0.4) is 0 Å². The monoisotopic (exact) mass is 259 g/mol. The Balaban J connectivity index is 1.66. The zero-order valence-corrected chi connectivity index (χ0v) is 11.7. The molecule has 0 radical (unpaired) electrons. The summed E-state index contributed by atoms with van der Waals surface area (Å²) >= 11 is 0. The molecule has 1 aromatic rings. The maximum absolute atomic E-state index is 6.33. The minimum atomic E-state index is 0.0246. The Morgan fingerprint density at radius 1 is 1.37 bits per heavy atom. The molecule has 4 aliphatic heterocycles. The van der Waals surface area contributed by atoms with Crippen LogP contribution in [0.1, 0.15) is 18.4 Å². The number of nitrogens with zero attached hydrogens (tertiary/aromatic N) is 3. The van der Waals surface area contributed by atoms with Crippen molar-refractivity contribution in [3.8, 4) is 5.88 Å². The molecule has 102 valence electrons. The van der Waals surface area contributed by atoms with Crippen molar-refractivity contribution in [3.05, 3.63) is 17.8 Å². The molecule has 0 unspecified atom stereocenters. The average molecular weight is 259 g/mol. The van der Waals surface area contributed by atoms with Gasteiger partial charge in [0.15, 0.2) is 0 Å². The van der Waals surface area contributed by atoms with Gasteiger partial charge in [0.2, 0.25) is 5.88 Å². The zero-order valence-electron chi connectivity index (χ0n) is 11.7. The summed E-state index contributed by atoms with van der Waals surface area (Å²) in [5.74, 6) is 1.59. The molecule has 0 amide bonds. The second-order valence-electron chi connectivity index (χ2n) is 6.45. The Morgan fingerprint density at radius 2 is 2.16 bits per heavy atom. The minimum absolute atomic E-state index is 0.0246. The number of rotatable bonds is 1. The molecule has 1 atom stereocenters. The highest BCUT2D eigenvalue weighted by molar-refractivity contribution is 5.50. The zero-order chi connectivity index (χ0) is 13.0. The van der Waals surface area contributed by atoms with Crippen LogP contribution in [0.5, 0.6) is 5.88 Å². The summed E-state index contributed by atoms with van der Waals surface area (Å²) in [5, 5.41) is 0. The van der Waals surface area contributed by atoms with E-state index in [0.29, 0.717) is 0 Å². The van der Waals surface area contributed by atoms with Gasteiger partial charge in [-0.15, -0.1) is 0 Å². The van der Waals surface area contributed by atoms with E-state index in [1.807, 2.05) is 6.20 Å². The maximum Gasteiger partial charge on any atom is 0.217 e. The highest BCUT2D eigenvalue weighted by atomic mass is 16.5. The lowest BCUT2D eigenvalue weighted by atomic mass is 9.73. The van der Waals surface area contributed by atoms with Crippen molar-refractivity contribution < 1.29 is 4.74 Å². The Hall–Kier alpha value is -1.29. The molecule has 3 fully saturated rings. The van der Waals surface area contributed by atoms with Gasteiger partial charge in [0.05, 0.1) is 11.9 Å². The summed E-state index contributed by atoms with van der Waals surface area (Å²) in [7, 11) is 4.12. The molecule has 1 aromatic heterocycles. The van der Waals surface area contributed by atoms with Crippen LogP contribution in [0.2, 0.25) is 0 Å². The van der Waals surface area contributed by atoms with Crippen LogP contribution in [-0.2, 0) is 6.42 Å². The standard InChI is InChI=1S/C15H21N3O/c1-17(2)13-7-11-8-15(19-14(11)16-9-13)10-18-5-3-12(15)4-6-18/h7,9,12H,3-6,8,10H2,1-2H3/t15-/m0/s1. The first-order valence-electron chi connectivity index (χ1n) is 7.24. The lowest BCUT2D eigenvalue weighted by molar-refractivity contribution is -0.0814. The van der Waals surface area contributed by atoms with E-state index in [0.717, 1.165) is 24.8 Å². The van der Waals surface area contributed by atoms with Crippen LogP contribution in [-0.4, -0.2) is 49.2 Å². The number of hydrogen-bond donors (Lipinski definition) is 0. The molecule has 4 nitrogen and oxygen atoms in total. The van der Waals surface area contributed by atoms with Crippen molar-refractivity contribution in [2.24, 2.45) is 5.92 Å². The fraction of sp³-hybridized carbons (Fsp3) is 0.667. The van der Waals surface area contributed by atoms with Crippen molar-refractivity contribution in [2.45, 2.75) is 24.9 Å². The number of fused-ring (bicyclic) bond motifs is 3. The van der Waals surface area contributed by atoms with Crippen LogP contribution >= 0.6 is 0 Å². The van der Waals surface area contributed by atoms with Gasteiger partial charge in [-0.2, -0.15) is 0 Å². The molecule has 2 bridgehead atoms. The smallest absolute Gasteiger partial charge is 0.217 e. The number of anilines is 1. The summed E-state index contributed by atoms with van der Waals surface area (Å²) in [6.45, 7) is 3.59. The van der Waals surface area contributed by atoms with Gasteiger partial charge in [-0.05, 0) is 32.0 Å². The fourth-order valence-electron chi connectivity index (χ4n) is 3.94. The second-order valence-corrected chi connectivity index (χ2v) is 6.45. The normalized spacial score (nSPS) is 35.3. The average Bonchev–Trinajstić information content (AvgIpc) is 2.76. The number of hydrogen-bond acceptors (Lipinski definition) is 4. The van der Waals surface area contributed by atoms with E-state index in [2.05, 4.69) is 34.9 Å². The summed E-state index contributed by atoms with van der Waals surface area (Å²) in [6, 6.07) is 2.24. The van der Waals surface area contributed by atoms with Crippen LogP contribution < -0.4 is 9.64 Å². The Morgan fingerprint density at radius 3 is 2.79 bits per heavy atom. The molecule has 0 aromatic carbocycles. The molecule has 3 saturated heterocycles. The topological polar surface area (TPSA) is 28.6 Å². The van der Waals surface area contributed by atoms with Crippen LogP contribution in [0, 0.1) is 5.92 Å². The van der Waals surface area contributed by atoms with E-state index in [1.54, 1.807) is 0 Å². The van der Waals surface area contributed by atoms with Crippen LogP contribution in [0.15, 0.2) is 12.3 Å². The number of piperidine rings is 3. The van der Waals surface area contributed by atoms with Crippen molar-refractivity contribution in [1.29, 1.82) is 0 Å². The van der Waals surface area contributed by atoms with Crippen LogP contribution in [0.4, 0.5) is 5.69 Å². The largest absolute Gasteiger partial charge is 0.469 e. The first-order chi connectivity index (χ1) is 9.16. The van der Waals surface area contributed by atoms with Gasteiger partial charge in [-0.25, -0.2) is 4.98 Å². The van der Waals surface area contributed by atoms with Crippen LogP contribution in [0.25, 0.3) is 0 Å². The Kier molecular flexibility index (Phi) is 2.34. The quantitative estimate of drug-likeness (QED) is 0.765. The first kappa shape index (κ1) is 11.5. The van der Waals surface area contributed by atoms with E-state index in [-0.39, 0.29) is 5.60 Å². The van der Waals surface area contributed by atoms with Gasteiger partial charge < -0.3 is 9.64 Å². The SMILES string of the molecule is CN(C)c1cnc2c(c1)C[C@@]1(CN3CCC1CC3)O2. The van der Waals surface area contributed by atoms with E-state index < -0.39 is 0 Å². The summed E-state index contributed by atoms with van der Waals surface area (Å²) in [4.78, 5) is 9.19. The third-order valence-electron chi connectivity index (χ3n) is 5.04. The third kappa shape index (κ3) is 1.66. The summed E-state index contributed by atoms with van der Waals surface area (Å²) < 4.78 is 6.33. The molecule has 4 heteroatoms. The Bertz CT molecular complexity index is 508. The van der Waals surface area contributed by atoms with Gasteiger partial charge in [0, 0.05) is 38.5 Å². The summed E-state index contributed by atoms with van der Waals surface area (Å²) in [5.41, 5.74) is 2.48. The maximum atomic E-state index is 6.33. The summed E-state index contributed by atoms with van der Waals surface area (Å²) in [6.07, 6.45) is 5.53. The van der Waals surface area contributed by atoms with Gasteiger partial charge in [-0.1, -0.05) is 0 Å². The van der Waals surface area contributed by atoms with E-state index in [9.17, 15) is 0 Å². The molecule has 0 N–H and O–H groups in total. The molecule has 5 rings (SSSR count). The molecule has 0 aliphatic carbocycles. The van der Waals surface area contributed by atoms with Gasteiger partial charge in [0.25, 0.3) is 0 Å². The molecular weight excluding hydrogens is 238 g/mol. The van der Waals surface area contributed by atoms with Crippen molar-refractivity contribution >= 4 is 5.69 Å². The van der Waals surface area contributed by atoms with Gasteiger partial charge in [-0.3, -0.25) is 4.90 Å². The second kappa shape index (κ2) is 3.85. The molecule has 4 aliphatic rings. The highest BCUT2D eigenvalue weighted by Crippen LogP contribution is 2.46. The van der Waals surface area contributed by atoms with Crippen molar-refractivity contribution in [3.63, 3.8) is 0 Å². The predicted molar refractivity (Wildman–Crippen MR) is 74.8 cm³/mol. The Labute approximate surface area is 114 Å². The number of aromatic nitrogens is 1. The van der Waals surface area contributed by atoms with Gasteiger partial charge in [0.1, 0.15) is 5.60 Å². The lowest BCUT2D eigenvalue weighted by Crippen LogP contribution is -2.61. The number of ether oxygens (including phenoxy) is 1. The van der Waals surface area contributed by atoms with Crippen molar-refractivity contribution in [1.82, 2.24) is 9.88 Å². The fourth-order valence-corrected chi connectivity index (χ4v) is 3.94. The van der Waals surface area contributed by atoms with E-state index >= 15 is 0 Å². The lowest BCUT2D eigenvalue weighted by Gasteiger charge is -2.50. The molecular formula is C15H21N3O. The first-order valence-corrected chi connectivity index (χ1v) is 7.24. The molecule has 0 saturated carbocycles. The number of pyridine rings is 1. The van der Waals surface area contributed by atoms with E-state index in [4.69, 9.17) is 4.74 Å². The van der Waals surface area contributed by atoms with Crippen molar-refractivity contribution in [2.75, 3.05) is 38.6 Å². The molecule has 19 heavy (non-hydrogen) atoms. The molecule has 5 heterocycles. The van der Waals surface area contributed by atoms with Gasteiger partial charge >= 0.3 is 0 Å².